The van der Waals surface area contributed by atoms with Gasteiger partial charge in [-0.2, -0.15) is 0 Å². The van der Waals surface area contributed by atoms with Gasteiger partial charge in [-0.15, -0.1) is 5.75 Å². The predicted octanol–water partition coefficient (Wildman–Crippen LogP) is 1.19. The van der Waals surface area contributed by atoms with Crippen molar-refractivity contribution in [3.63, 3.8) is 0 Å². The number of hydrogen-bond donors (Lipinski definition) is 0. The molecular weight excluding hydrogens is 303 g/mol. The molecule has 0 saturated carbocycles. The Kier molecular flexibility index (Phi) is 4.56. The van der Waals surface area contributed by atoms with Crippen molar-refractivity contribution in [1.29, 1.82) is 0 Å². The van der Waals surface area contributed by atoms with Gasteiger partial charge in [-0.1, -0.05) is 62.4 Å². The maximum absolute atomic E-state index is 12.3. The molecule has 0 radical (unpaired) electrons. The third-order valence-electron chi connectivity index (χ3n) is 4.63. The molecule has 3 nitrogen and oxygen atoms in total. The van der Waals surface area contributed by atoms with Crippen molar-refractivity contribution in [3.05, 3.63) is 78.1 Å². The van der Waals surface area contributed by atoms with Gasteiger partial charge < -0.3 is 5.11 Å². The van der Waals surface area contributed by atoms with E-state index < -0.39 is 5.41 Å². The van der Waals surface area contributed by atoms with Gasteiger partial charge in [0, 0.05) is 22.4 Å². The molecule has 0 aliphatic carbocycles. The van der Waals surface area contributed by atoms with E-state index in [4.69, 9.17) is 4.98 Å². The van der Waals surface area contributed by atoms with E-state index in [1.807, 2.05) is 44.2 Å². The molecule has 2 heterocycles. The molecule has 0 bridgehead atoms. The summed E-state index contributed by atoms with van der Waals surface area (Å²) < 4.78 is 0. The summed E-state index contributed by atoms with van der Waals surface area (Å²) in [7, 11) is 0. The molecule has 25 heavy (non-hydrogen) atoms. The zero-order chi connectivity index (χ0) is 16.7. The summed E-state index contributed by atoms with van der Waals surface area (Å²) in [6.07, 6.45) is 1.79. The van der Waals surface area contributed by atoms with Crippen LogP contribution in [0.3, 0.4) is 0 Å². The minimum absolute atomic E-state index is 0. The summed E-state index contributed by atoms with van der Waals surface area (Å²) >= 11 is 0. The van der Waals surface area contributed by atoms with Gasteiger partial charge in [0.15, 0.2) is 0 Å². The Morgan fingerprint density at radius 3 is 2.24 bits per heavy atom. The second-order valence-corrected chi connectivity index (χ2v) is 6.53. The first kappa shape index (κ1) is 17.5. The van der Waals surface area contributed by atoms with E-state index in [0.29, 0.717) is 0 Å². The molecule has 0 aliphatic heterocycles. The van der Waals surface area contributed by atoms with E-state index in [9.17, 15) is 5.11 Å². The Hall–Kier alpha value is -2.34. The first-order chi connectivity index (χ1) is 11.6. The van der Waals surface area contributed by atoms with Crippen molar-refractivity contribution < 1.29 is 24.0 Å². The number of benzene rings is 2. The molecule has 0 unspecified atom stereocenters. The number of hydrogen-bond acceptors (Lipinski definition) is 3. The van der Waals surface area contributed by atoms with Gasteiger partial charge in [0.05, 0.1) is 16.7 Å². The number of rotatable bonds is 2. The van der Waals surface area contributed by atoms with Crippen LogP contribution < -0.4 is 24.0 Å². The van der Waals surface area contributed by atoms with Crippen LogP contribution in [0, 0.1) is 0 Å². The van der Waals surface area contributed by atoms with Gasteiger partial charge in [-0.25, -0.2) is 4.98 Å². The summed E-state index contributed by atoms with van der Waals surface area (Å²) in [4.78, 5) is 9.39. The fourth-order valence-corrected chi connectivity index (χ4v) is 3.19. The normalized spacial score (nSPS) is 11.4. The average molecular weight is 320 g/mol. The van der Waals surface area contributed by atoms with E-state index in [1.54, 1.807) is 18.3 Å². The van der Waals surface area contributed by atoms with Gasteiger partial charge in [-0.05, 0) is 17.7 Å². The Morgan fingerprint density at radius 1 is 0.800 bits per heavy atom. The van der Waals surface area contributed by atoms with Crippen LogP contribution in [-0.2, 0) is 5.41 Å². The fourth-order valence-electron chi connectivity index (χ4n) is 3.19. The zero-order valence-corrected chi connectivity index (χ0v) is 14.7. The number of nitrogens with zero attached hydrogens (tertiary/aromatic N) is 2. The Balaban J connectivity index is 0.00000182. The van der Waals surface area contributed by atoms with Gasteiger partial charge >= 0.3 is 18.9 Å². The van der Waals surface area contributed by atoms with Crippen LogP contribution in [-0.4, -0.2) is 9.97 Å². The summed E-state index contributed by atoms with van der Waals surface area (Å²) in [6.45, 7) is 4.08. The van der Waals surface area contributed by atoms with E-state index in [1.165, 1.54) is 0 Å². The van der Waals surface area contributed by atoms with E-state index in [-0.39, 0.29) is 24.6 Å². The molecule has 4 rings (SSSR count). The maximum Gasteiger partial charge on any atom is 1.00 e. The van der Waals surface area contributed by atoms with Crippen LogP contribution in [0.1, 0.15) is 25.1 Å². The topological polar surface area (TPSA) is 48.8 Å². The zero-order valence-electron chi connectivity index (χ0n) is 14.7. The van der Waals surface area contributed by atoms with Gasteiger partial charge in [-0.3, -0.25) is 4.98 Å². The molecule has 0 amide bonds. The van der Waals surface area contributed by atoms with E-state index in [0.717, 1.165) is 33.1 Å². The average Bonchev–Trinajstić information content (AvgIpc) is 2.61. The van der Waals surface area contributed by atoms with Gasteiger partial charge in [0.1, 0.15) is 0 Å². The molecule has 2 aromatic heterocycles. The molecule has 0 atom stereocenters. The van der Waals surface area contributed by atoms with Crippen molar-refractivity contribution in [2.45, 2.75) is 19.3 Å². The third-order valence-corrected chi connectivity index (χ3v) is 4.63. The maximum atomic E-state index is 12.3. The Labute approximate surface area is 158 Å². The van der Waals surface area contributed by atoms with Crippen LogP contribution in [0.4, 0.5) is 0 Å². The molecule has 4 aromatic rings. The molecule has 2 aromatic carbocycles. The van der Waals surface area contributed by atoms with Crippen LogP contribution in [0.25, 0.3) is 21.8 Å². The molecule has 4 heteroatoms. The number of pyridine rings is 2. The first-order valence-electron chi connectivity index (χ1n) is 7.99. The van der Waals surface area contributed by atoms with Crippen LogP contribution in [0.15, 0.2) is 66.9 Å². The van der Waals surface area contributed by atoms with Gasteiger partial charge in [0.2, 0.25) is 0 Å². The fraction of sp³-hybridized carbons (Fsp3) is 0.143. The first-order valence-corrected chi connectivity index (χ1v) is 7.99. The SMILES string of the molecule is CC(C)(c1ccc2ccc3cccnc3c2n1)c1ccccc1[O-].[Li+]. The van der Waals surface area contributed by atoms with Crippen LogP contribution in [0.5, 0.6) is 5.75 Å². The summed E-state index contributed by atoms with van der Waals surface area (Å²) in [5.74, 6) is 0.0421. The second kappa shape index (κ2) is 6.52. The molecule has 0 saturated heterocycles. The summed E-state index contributed by atoms with van der Waals surface area (Å²) in [5, 5.41) is 14.4. The third kappa shape index (κ3) is 2.91. The van der Waals surface area contributed by atoms with Crippen LogP contribution in [0.2, 0.25) is 0 Å². The van der Waals surface area contributed by atoms with Gasteiger partial charge in [0.25, 0.3) is 0 Å². The molecular formula is C21H17LiN2O. The molecule has 0 fully saturated rings. The monoisotopic (exact) mass is 320 g/mol. The molecule has 0 N–H and O–H groups in total. The van der Waals surface area contributed by atoms with Crippen molar-refractivity contribution in [2.75, 3.05) is 0 Å². The molecule has 0 spiro atoms. The Morgan fingerprint density at radius 2 is 1.48 bits per heavy atom. The van der Waals surface area contributed by atoms with Crippen molar-refractivity contribution in [1.82, 2.24) is 9.97 Å². The van der Waals surface area contributed by atoms with E-state index in [2.05, 4.69) is 23.2 Å². The standard InChI is InChI=1S/C21H18N2O.Li/c1-21(2,16-7-3-4-8-17(16)24)18-12-11-15-10-9-14-6-5-13-22-19(14)20(15)23-18;/h3-13,24H,1-2H3;/q;+1/p-1. The minimum Gasteiger partial charge on any atom is -0.872 e. The Bertz CT molecular complexity index is 1060. The van der Waals surface area contributed by atoms with Crippen LogP contribution >= 0.6 is 0 Å². The number of para-hydroxylation sites is 1. The predicted molar refractivity (Wildman–Crippen MR) is 95.1 cm³/mol. The molecule has 0 aliphatic rings. The molecule has 118 valence electrons. The summed E-state index contributed by atoms with van der Waals surface area (Å²) in [5.41, 5.74) is 2.93. The van der Waals surface area contributed by atoms with Crippen molar-refractivity contribution in [2.24, 2.45) is 0 Å². The second-order valence-electron chi connectivity index (χ2n) is 6.53. The van der Waals surface area contributed by atoms with E-state index >= 15 is 0 Å². The smallest absolute Gasteiger partial charge is 0.872 e. The minimum atomic E-state index is -0.469. The largest absolute Gasteiger partial charge is 1.00 e. The number of aromatic nitrogens is 2. The van der Waals surface area contributed by atoms with Crippen molar-refractivity contribution >= 4 is 21.8 Å². The quantitative estimate of drug-likeness (QED) is 0.412. The number of fused-ring (bicyclic) bond motifs is 3. The van der Waals surface area contributed by atoms with Crippen molar-refractivity contribution in [3.8, 4) is 5.75 Å². The summed E-state index contributed by atoms with van der Waals surface area (Å²) in [6, 6.07) is 19.3.